The maximum Gasteiger partial charge on any atom is 0.0740 e. The highest BCUT2D eigenvalue weighted by molar-refractivity contribution is 7.10. The van der Waals surface area contributed by atoms with E-state index in [1.165, 1.54) is 17.0 Å². The lowest BCUT2D eigenvalue weighted by atomic mass is 10.2. The Kier molecular flexibility index (Phi) is 0.977. The molecule has 1 aromatic heterocycles. The van der Waals surface area contributed by atoms with Crippen LogP contribution in [0.3, 0.4) is 0 Å². The molecule has 0 aromatic carbocycles. The highest BCUT2D eigenvalue weighted by Gasteiger charge is 2.07. The molecule has 0 atom stereocenters. The summed E-state index contributed by atoms with van der Waals surface area (Å²) in [5, 5.41) is 3.95. The summed E-state index contributed by atoms with van der Waals surface area (Å²) in [6.07, 6.45) is 2.37. The van der Waals surface area contributed by atoms with Gasteiger partial charge in [0, 0.05) is 17.1 Å². The van der Waals surface area contributed by atoms with Crippen molar-refractivity contribution in [2.75, 3.05) is 11.9 Å². The lowest BCUT2D eigenvalue weighted by Gasteiger charge is -2.12. The third-order valence-electron chi connectivity index (χ3n) is 1.58. The molecule has 1 aliphatic rings. The van der Waals surface area contributed by atoms with Crippen LogP contribution in [-0.2, 0) is 6.42 Å². The second-order valence-corrected chi connectivity index (χ2v) is 3.16. The van der Waals surface area contributed by atoms with Gasteiger partial charge in [0.1, 0.15) is 0 Å². The molecule has 0 radical (unpaired) electrons. The molecule has 1 aliphatic heterocycles. The Morgan fingerprint density at radius 1 is 1.78 bits per heavy atom. The van der Waals surface area contributed by atoms with Crippen LogP contribution in [0.25, 0.3) is 0 Å². The van der Waals surface area contributed by atoms with Gasteiger partial charge in [-0.1, -0.05) is 0 Å². The Bertz CT molecular complexity index is 220. The summed E-state index contributed by atoms with van der Waals surface area (Å²) < 4.78 is 7.37. The SMILES string of the molecule is [2H]c1cc2c(s1)CCCN2. The van der Waals surface area contributed by atoms with E-state index in [1.807, 2.05) is 6.07 Å². The minimum Gasteiger partial charge on any atom is -0.384 e. The van der Waals surface area contributed by atoms with Crippen LogP contribution in [-0.4, -0.2) is 6.54 Å². The van der Waals surface area contributed by atoms with Gasteiger partial charge in [-0.2, -0.15) is 0 Å². The van der Waals surface area contributed by atoms with Crippen molar-refractivity contribution >= 4 is 17.0 Å². The molecule has 0 saturated heterocycles. The maximum atomic E-state index is 7.37. The first-order valence-electron chi connectivity index (χ1n) is 3.69. The second-order valence-electron chi connectivity index (χ2n) is 2.23. The van der Waals surface area contributed by atoms with Gasteiger partial charge < -0.3 is 5.32 Å². The van der Waals surface area contributed by atoms with Crippen molar-refractivity contribution in [2.24, 2.45) is 0 Å². The molecule has 0 unspecified atom stereocenters. The predicted octanol–water partition coefficient (Wildman–Crippen LogP) is 2.11. The third-order valence-corrected chi connectivity index (χ3v) is 2.49. The second kappa shape index (κ2) is 2.03. The molecule has 0 aliphatic carbocycles. The van der Waals surface area contributed by atoms with Gasteiger partial charge in [-0.25, -0.2) is 0 Å². The van der Waals surface area contributed by atoms with Crippen LogP contribution in [0, 0.1) is 0 Å². The molecular formula is C7H9NS. The number of rotatable bonds is 0. The largest absolute Gasteiger partial charge is 0.384 e. The van der Waals surface area contributed by atoms with E-state index < -0.39 is 0 Å². The summed E-state index contributed by atoms with van der Waals surface area (Å²) in [6, 6.07) is 1.92. The first-order chi connectivity index (χ1) is 4.86. The zero-order chi connectivity index (χ0) is 6.97. The summed E-state index contributed by atoms with van der Waals surface area (Å²) in [5.41, 5.74) is 1.20. The highest BCUT2D eigenvalue weighted by atomic mass is 32.1. The number of hydrogen-bond donors (Lipinski definition) is 1. The zero-order valence-electron chi connectivity index (χ0n) is 6.11. The molecular weight excluding hydrogens is 130 g/mol. The Morgan fingerprint density at radius 3 is 3.67 bits per heavy atom. The van der Waals surface area contributed by atoms with Crippen molar-refractivity contribution in [3.8, 4) is 0 Å². The van der Waals surface area contributed by atoms with Crippen molar-refractivity contribution in [1.29, 1.82) is 0 Å². The normalized spacial score (nSPS) is 18.0. The standard InChI is InChI=1S/C7H9NS/c1-2-7-6(8-4-1)3-5-9-7/h3,5,8H,1-2,4H2/i5D. The summed E-state index contributed by atoms with van der Waals surface area (Å²) in [4.78, 5) is 1.36. The molecule has 2 heterocycles. The van der Waals surface area contributed by atoms with Crippen LogP contribution in [0.1, 0.15) is 12.7 Å². The molecule has 0 saturated carbocycles. The molecule has 48 valence electrons. The molecule has 9 heavy (non-hydrogen) atoms. The van der Waals surface area contributed by atoms with E-state index in [9.17, 15) is 0 Å². The van der Waals surface area contributed by atoms with Gasteiger partial charge in [0.25, 0.3) is 0 Å². The summed E-state index contributed by atoms with van der Waals surface area (Å²) in [5.74, 6) is 0. The van der Waals surface area contributed by atoms with Gasteiger partial charge in [-0.15, -0.1) is 11.3 Å². The summed E-state index contributed by atoms with van der Waals surface area (Å²) in [6.45, 7) is 1.07. The Labute approximate surface area is 60.1 Å². The van der Waals surface area contributed by atoms with E-state index in [4.69, 9.17) is 1.37 Å². The van der Waals surface area contributed by atoms with E-state index in [1.54, 1.807) is 11.3 Å². The number of fused-ring (bicyclic) bond motifs is 1. The maximum absolute atomic E-state index is 7.37. The molecule has 1 N–H and O–H groups in total. The zero-order valence-corrected chi connectivity index (χ0v) is 5.92. The van der Waals surface area contributed by atoms with E-state index in [-0.39, 0.29) is 0 Å². The van der Waals surface area contributed by atoms with Crippen molar-refractivity contribution in [3.63, 3.8) is 0 Å². The van der Waals surface area contributed by atoms with Crippen molar-refractivity contribution < 1.29 is 1.37 Å². The predicted molar refractivity (Wildman–Crippen MR) is 41.1 cm³/mol. The lowest BCUT2D eigenvalue weighted by molar-refractivity contribution is 0.846. The third kappa shape index (κ3) is 0.833. The summed E-state index contributed by atoms with van der Waals surface area (Å²) >= 11 is 1.59. The van der Waals surface area contributed by atoms with E-state index in [2.05, 4.69) is 5.32 Å². The number of anilines is 1. The van der Waals surface area contributed by atoms with Crippen LogP contribution in [0.15, 0.2) is 11.4 Å². The van der Waals surface area contributed by atoms with Gasteiger partial charge in [0.2, 0.25) is 0 Å². The van der Waals surface area contributed by atoms with Crippen LogP contribution >= 0.6 is 11.3 Å². The van der Waals surface area contributed by atoms with Gasteiger partial charge in [-0.3, -0.25) is 0 Å². The van der Waals surface area contributed by atoms with Crippen LogP contribution in [0.4, 0.5) is 5.69 Å². The monoisotopic (exact) mass is 140 g/mol. The Balaban J connectivity index is 2.41. The number of aryl methyl sites for hydroxylation is 1. The Morgan fingerprint density at radius 2 is 2.78 bits per heavy atom. The highest BCUT2D eigenvalue weighted by Crippen LogP contribution is 2.26. The fourth-order valence-corrected chi connectivity index (χ4v) is 1.91. The molecule has 1 aromatic rings. The molecule has 1 nitrogen and oxygen atoms in total. The van der Waals surface area contributed by atoms with E-state index >= 15 is 0 Å². The average Bonchev–Trinajstić information content (AvgIpc) is 2.27. The molecule has 2 heteroatoms. The van der Waals surface area contributed by atoms with Crippen molar-refractivity contribution in [2.45, 2.75) is 12.8 Å². The fraction of sp³-hybridized carbons (Fsp3) is 0.429. The van der Waals surface area contributed by atoms with Crippen molar-refractivity contribution in [1.82, 2.24) is 0 Å². The minimum absolute atomic E-state index is 0.680. The lowest BCUT2D eigenvalue weighted by Crippen LogP contribution is -2.08. The fourth-order valence-electron chi connectivity index (χ4n) is 1.10. The first-order valence-corrected chi connectivity index (χ1v) is 4.01. The molecule has 2 rings (SSSR count). The van der Waals surface area contributed by atoms with E-state index in [0.717, 1.165) is 13.0 Å². The van der Waals surface area contributed by atoms with Crippen molar-refractivity contribution in [3.05, 3.63) is 16.3 Å². The van der Waals surface area contributed by atoms with Crippen LogP contribution in [0.5, 0.6) is 0 Å². The van der Waals surface area contributed by atoms with E-state index in [0.29, 0.717) is 5.36 Å². The average molecular weight is 140 g/mol. The van der Waals surface area contributed by atoms with Crippen LogP contribution in [0.2, 0.25) is 0 Å². The smallest absolute Gasteiger partial charge is 0.0740 e. The number of thiophene rings is 1. The number of nitrogens with one attached hydrogen (secondary N) is 1. The quantitative estimate of drug-likeness (QED) is 0.582. The van der Waals surface area contributed by atoms with Gasteiger partial charge in [0.15, 0.2) is 0 Å². The van der Waals surface area contributed by atoms with Crippen LogP contribution < -0.4 is 5.32 Å². The molecule has 0 spiro atoms. The number of hydrogen-bond acceptors (Lipinski definition) is 2. The molecule has 0 amide bonds. The first kappa shape index (κ1) is 4.34. The van der Waals surface area contributed by atoms with Gasteiger partial charge in [-0.05, 0) is 24.3 Å². The van der Waals surface area contributed by atoms with Gasteiger partial charge >= 0.3 is 0 Å². The molecule has 0 bridgehead atoms. The van der Waals surface area contributed by atoms with Gasteiger partial charge in [0.05, 0.1) is 1.37 Å². The molecule has 0 fully saturated rings. The minimum atomic E-state index is 0.680. The topological polar surface area (TPSA) is 12.0 Å². The summed E-state index contributed by atoms with van der Waals surface area (Å²) in [7, 11) is 0. The Hall–Kier alpha value is -0.500.